The van der Waals surface area contributed by atoms with Crippen molar-refractivity contribution in [3.8, 4) is 0 Å². The largest absolute Gasteiger partial charge is 0.330 e. The van der Waals surface area contributed by atoms with Gasteiger partial charge in [-0.1, -0.05) is 30.3 Å². The van der Waals surface area contributed by atoms with Crippen LogP contribution in [0.3, 0.4) is 0 Å². The van der Waals surface area contributed by atoms with Crippen molar-refractivity contribution < 1.29 is 9.69 Å². The number of benzene rings is 2. The van der Waals surface area contributed by atoms with Gasteiger partial charge in [0.1, 0.15) is 6.54 Å². The van der Waals surface area contributed by atoms with Gasteiger partial charge in [-0.2, -0.15) is 0 Å². The number of hydrogen-bond acceptors (Lipinski definition) is 1. The predicted octanol–water partition coefficient (Wildman–Crippen LogP) is 2.27. The van der Waals surface area contributed by atoms with Gasteiger partial charge in [-0.15, -0.1) is 0 Å². The fourth-order valence-corrected chi connectivity index (χ4v) is 3.19. The SMILES string of the molecule is Cc1ccc(NC(=O)CC[NH+]2CCc3ccccc3C2)cc1C. The molecule has 3 nitrogen and oxygen atoms in total. The molecule has 23 heavy (non-hydrogen) atoms. The number of quaternary nitrogens is 1. The van der Waals surface area contributed by atoms with Gasteiger partial charge in [0, 0.05) is 17.7 Å². The van der Waals surface area contributed by atoms with E-state index < -0.39 is 0 Å². The summed E-state index contributed by atoms with van der Waals surface area (Å²) in [7, 11) is 0. The molecule has 1 amide bonds. The third-order valence-corrected chi connectivity index (χ3v) is 4.80. The molecule has 3 heteroatoms. The number of aryl methyl sites for hydroxylation is 2. The molecule has 3 rings (SSSR count). The lowest BCUT2D eigenvalue weighted by molar-refractivity contribution is -0.915. The molecule has 0 spiro atoms. The van der Waals surface area contributed by atoms with Crippen LogP contribution in [0.1, 0.15) is 28.7 Å². The molecular formula is C20H25N2O+. The first-order valence-electron chi connectivity index (χ1n) is 8.39. The van der Waals surface area contributed by atoms with Crippen molar-refractivity contribution in [2.75, 3.05) is 18.4 Å². The molecular weight excluding hydrogens is 284 g/mol. The van der Waals surface area contributed by atoms with E-state index in [0.717, 1.165) is 31.7 Å². The molecule has 1 heterocycles. The van der Waals surface area contributed by atoms with Crippen LogP contribution in [0.15, 0.2) is 42.5 Å². The number of hydrogen-bond donors (Lipinski definition) is 2. The van der Waals surface area contributed by atoms with Gasteiger partial charge in [-0.25, -0.2) is 0 Å². The molecule has 0 saturated carbocycles. The quantitative estimate of drug-likeness (QED) is 0.892. The van der Waals surface area contributed by atoms with E-state index in [4.69, 9.17) is 0 Å². The first-order valence-corrected chi connectivity index (χ1v) is 8.39. The van der Waals surface area contributed by atoms with Crippen LogP contribution in [-0.2, 0) is 17.8 Å². The van der Waals surface area contributed by atoms with E-state index in [-0.39, 0.29) is 5.91 Å². The Labute approximate surface area is 138 Å². The van der Waals surface area contributed by atoms with Crippen molar-refractivity contribution in [3.05, 3.63) is 64.7 Å². The molecule has 0 saturated heterocycles. The molecule has 0 fully saturated rings. The Morgan fingerprint density at radius 3 is 2.65 bits per heavy atom. The summed E-state index contributed by atoms with van der Waals surface area (Å²) < 4.78 is 0. The second-order valence-corrected chi connectivity index (χ2v) is 6.54. The van der Waals surface area contributed by atoms with E-state index in [9.17, 15) is 4.79 Å². The van der Waals surface area contributed by atoms with Crippen LogP contribution >= 0.6 is 0 Å². The minimum atomic E-state index is 0.111. The Kier molecular flexibility index (Phi) is 4.77. The number of amides is 1. The van der Waals surface area contributed by atoms with E-state index in [1.54, 1.807) is 0 Å². The zero-order valence-electron chi connectivity index (χ0n) is 14.0. The first-order chi connectivity index (χ1) is 11.1. The minimum Gasteiger partial charge on any atom is -0.330 e. The zero-order valence-corrected chi connectivity index (χ0v) is 14.0. The number of anilines is 1. The summed E-state index contributed by atoms with van der Waals surface area (Å²) in [5.41, 5.74) is 6.26. The number of carbonyl (C=O) groups excluding carboxylic acids is 1. The predicted molar refractivity (Wildman–Crippen MR) is 93.7 cm³/mol. The molecule has 1 aliphatic rings. The highest BCUT2D eigenvalue weighted by Crippen LogP contribution is 2.14. The monoisotopic (exact) mass is 309 g/mol. The molecule has 0 radical (unpaired) electrons. The van der Waals surface area contributed by atoms with Crippen LogP contribution in [0.2, 0.25) is 0 Å². The standard InChI is InChI=1S/C20H24N2O/c1-15-7-8-19(13-16(15)2)21-20(23)10-12-22-11-9-17-5-3-4-6-18(17)14-22/h3-8,13H,9-12,14H2,1-2H3,(H,21,23)/p+1. The molecule has 1 unspecified atom stereocenters. The fourth-order valence-electron chi connectivity index (χ4n) is 3.19. The van der Waals surface area contributed by atoms with Crippen molar-refractivity contribution in [1.82, 2.24) is 0 Å². The van der Waals surface area contributed by atoms with Crippen molar-refractivity contribution >= 4 is 11.6 Å². The maximum Gasteiger partial charge on any atom is 0.230 e. The van der Waals surface area contributed by atoms with Crippen LogP contribution in [0.5, 0.6) is 0 Å². The Hall–Kier alpha value is -2.13. The smallest absolute Gasteiger partial charge is 0.230 e. The highest BCUT2D eigenvalue weighted by molar-refractivity contribution is 5.90. The van der Waals surface area contributed by atoms with Crippen LogP contribution < -0.4 is 10.2 Å². The van der Waals surface area contributed by atoms with Crippen LogP contribution in [0.25, 0.3) is 0 Å². The van der Waals surface area contributed by atoms with Crippen molar-refractivity contribution in [3.63, 3.8) is 0 Å². The summed E-state index contributed by atoms with van der Waals surface area (Å²) in [6.45, 7) is 7.20. The second-order valence-electron chi connectivity index (χ2n) is 6.54. The maximum atomic E-state index is 12.2. The summed E-state index contributed by atoms with van der Waals surface area (Å²) >= 11 is 0. The molecule has 0 aliphatic carbocycles. The molecule has 2 aromatic rings. The second kappa shape index (κ2) is 6.97. The Morgan fingerprint density at radius 1 is 1.09 bits per heavy atom. The van der Waals surface area contributed by atoms with Crippen LogP contribution in [-0.4, -0.2) is 19.0 Å². The third-order valence-electron chi connectivity index (χ3n) is 4.80. The van der Waals surface area contributed by atoms with E-state index in [1.807, 2.05) is 12.1 Å². The molecule has 2 aromatic carbocycles. The summed E-state index contributed by atoms with van der Waals surface area (Å²) in [5.74, 6) is 0.111. The van der Waals surface area contributed by atoms with Gasteiger partial charge in [-0.05, 0) is 42.7 Å². The normalized spacial score (nSPS) is 16.7. The van der Waals surface area contributed by atoms with Crippen molar-refractivity contribution in [2.45, 2.75) is 33.2 Å². The van der Waals surface area contributed by atoms with E-state index in [1.165, 1.54) is 27.2 Å². The third kappa shape index (κ3) is 3.99. The van der Waals surface area contributed by atoms with E-state index >= 15 is 0 Å². The first kappa shape index (κ1) is 15.8. The summed E-state index contributed by atoms with van der Waals surface area (Å²) in [6, 6.07) is 14.7. The van der Waals surface area contributed by atoms with Crippen molar-refractivity contribution in [1.29, 1.82) is 0 Å². The molecule has 2 N–H and O–H groups in total. The summed E-state index contributed by atoms with van der Waals surface area (Å²) in [6.07, 6.45) is 1.69. The van der Waals surface area contributed by atoms with Crippen LogP contribution in [0.4, 0.5) is 5.69 Å². The fraction of sp³-hybridized carbons (Fsp3) is 0.350. The van der Waals surface area contributed by atoms with Gasteiger partial charge in [0.2, 0.25) is 5.91 Å². The van der Waals surface area contributed by atoms with Gasteiger partial charge in [0.05, 0.1) is 19.5 Å². The molecule has 1 atom stereocenters. The Balaban J connectivity index is 1.51. The van der Waals surface area contributed by atoms with Crippen molar-refractivity contribution in [2.24, 2.45) is 0 Å². The lowest BCUT2D eigenvalue weighted by Gasteiger charge is -2.25. The number of carbonyl (C=O) groups is 1. The minimum absolute atomic E-state index is 0.111. The van der Waals surface area contributed by atoms with Gasteiger partial charge >= 0.3 is 0 Å². The lowest BCUT2D eigenvalue weighted by Crippen LogP contribution is -3.11. The average Bonchev–Trinajstić information content (AvgIpc) is 2.56. The van der Waals surface area contributed by atoms with Gasteiger partial charge in [0.15, 0.2) is 0 Å². The van der Waals surface area contributed by atoms with Gasteiger partial charge in [-0.3, -0.25) is 4.79 Å². The van der Waals surface area contributed by atoms with E-state index in [0.29, 0.717) is 6.42 Å². The molecule has 0 aromatic heterocycles. The average molecular weight is 309 g/mol. The Morgan fingerprint density at radius 2 is 1.87 bits per heavy atom. The van der Waals surface area contributed by atoms with Gasteiger partial charge in [0.25, 0.3) is 0 Å². The molecule has 0 bridgehead atoms. The lowest BCUT2D eigenvalue weighted by atomic mass is 10.00. The highest BCUT2D eigenvalue weighted by Gasteiger charge is 2.19. The topological polar surface area (TPSA) is 33.5 Å². The number of rotatable bonds is 4. The summed E-state index contributed by atoms with van der Waals surface area (Å²) in [5, 5.41) is 3.02. The number of nitrogens with one attached hydrogen (secondary N) is 2. The molecule has 120 valence electrons. The molecule has 1 aliphatic heterocycles. The number of fused-ring (bicyclic) bond motifs is 1. The highest BCUT2D eigenvalue weighted by atomic mass is 16.1. The zero-order chi connectivity index (χ0) is 16.2. The summed E-state index contributed by atoms with van der Waals surface area (Å²) in [4.78, 5) is 13.7. The Bertz CT molecular complexity index is 709. The van der Waals surface area contributed by atoms with Gasteiger partial charge < -0.3 is 10.2 Å². The maximum absolute atomic E-state index is 12.2. The van der Waals surface area contributed by atoms with E-state index in [2.05, 4.69) is 49.5 Å². The van der Waals surface area contributed by atoms with Crippen LogP contribution in [0, 0.1) is 13.8 Å².